The van der Waals surface area contributed by atoms with Crippen LogP contribution in [0.25, 0.3) is 11.3 Å². The highest BCUT2D eigenvalue weighted by atomic mass is 16.6. The van der Waals surface area contributed by atoms with Crippen molar-refractivity contribution in [3.8, 4) is 11.3 Å². The Bertz CT molecular complexity index is 686. The van der Waals surface area contributed by atoms with Crippen molar-refractivity contribution in [3.63, 3.8) is 0 Å². The molecule has 2 fully saturated rings. The van der Waals surface area contributed by atoms with Crippen LogP contribution < -0.4 is 4.90 Å². The lowest BCUT2D eigenvalue weighted by Gasteiger charge is -2.47. The highest BCUT2D eigenvalue weighted by Crippen LogP contribution is 2.32. The number of nitrogens with zero attached hydrogens (tertiary/aromatic N) is 3. The fraction of sp³-hybridized carbons (Fsp3) is 0.474. The summed E-state index contributed by atoms with van der Waals surface area (Å²) in [7, 11) is 0. The Morgan fingerprint density at radius 2 is 2.08 bits per heavy atom. The molecule has 126 valence electrons. The monoisotopic (exact) mass is 325 g/mol. The van der Waals surface area contributed by atoms with Crippen LogP contribution in [0.5, 0.6) is 0 Å². The van der Waals surface area contributed by atoms with Gasteiger partial charge in [0.25, 0.3) is 0 Å². The van der Waals surface area contributed by atoms with Crippen molar-refractivity contribution in [2.24, 2.45) is 0 Å². The van der Waals surface area contributed by atoms with E-state index >= 15 is 0 Å². The third-order valence-electron chi connectivity index (χ3n) is 4.71. The second kappa shape index (κ2) is 6.49. The number of morpholine rings is 1. The zero-order chi connectivity index (χ0) is 16.4. The molecule has 2 saturated heterocycles. The molecule has 1 spiro atoms. The van der Waals surface area contributed by atoms with Gasteiger partial charge in [-0.15, -0.1) is 0 Å². The van der Waals surface area contributed by atoms with Crippen LogP contribution >= 0.6 is 0 Å². The third kappa shape index (κ3) is 3.14. The molecule has 0 aliphatic carbocycles. The van der Waals surface area contributed by atoms with Gasteiger partial charge in [-0.3, -0.25) is 4.98 Å². The summed E-state index contributed by atoms with van der Waals surface area (Å²) in [5, 5.41) is 0. The van der Waals surface area contributed by atoms with Gasteiger partial charge < -0.3 is 14.4 Å². The van der Waals surface area contributed by atoms with E-state index in [4.69, 9.17) is 14.5 Å². The lowest BCUT2D eigenvalue weighted by molar-refractivity contribution is -0.160. The van der Waals surface area contributed by atoms with Crippen LogP contribution in [-0.4, -0.2) is 48.0 Å². The maximum absolute atomic E-state index is 6.27. The van der Waals surface area contributed by atoms with E-state index in [-0.39, 0.29) is 11.7 Å². The first-order valence-corrected chi connectivity index (χ1v) is 8.62. The minimum absolute atomic E-state index is 0.155. The van der Waals surface area contributed by atoms with Gasteiger partial charge in [-0.1, -0.05) is 30.3 Å². The predicted octanol–water partition coefficient (Wildman–Crippen LogP) is 2.92. The lowest BCUT2D eigenvalue weighted by atomic mass is 9.93. The fourth-order valence-corrected chi connectivity index (χ4v) is 3.70. The minimum atomic E-state index is -0.208. The number of ether oxygens (including phenoxy) is 2. The molecule has 0 amide bonds. The van der Waals surface area contributed by atoms with E-state index in [1.54, 1.807) is 0 Å². The zero-order valence-corrected chi connectivity index (χ0v) is 14.0. The molecular formula is C19H23N3O2. The van der Waals surface area contributed by atoms with Gasteiger partial charge in [-0.05, 0) is 19.8 Å². The van der Waals surface area contributed by atoms with Crippen molar-refractivity contribution in [2.75, 3.05) is 31.2 Å². The smallest absolute Gasteiger partial charge is 0.148 e. The molecule has 2 aromatic rings. The molecule has 0 radical (unpaired) electrons. The van der Waals surface area contributed by atoms with Crippen molar-refractivity contribution in [3.05, 3.63) is 42.7 Å². The molecule has 2 aliphatic rings. The Hall–Kier alpha value is -1.98. The number of anilines is 1. The van der Waals surface area contributed by atoms with Crippen LogP contribution in [0.2, 0.25) is 0 Å². The molecule has 5 nitrogen and oxygen atoms in total. The summed E-state index contributed by atoms with van der Waals surface area (Å²) in [5.74, 6) is 0.913. The number of hydrogen-bond acceptors (Lipinski definition) is 5. The van der Waals surface area contributed by atoms with Gasteiger partial charge >= 0.3 is 0 Å². The molecule has 2 unspecified atom stereocenters. The molecular weight excluding hydrogens is 302 g/mol. The molecule has 0 bridgehead atoms. The maximum atomic E-state index is 6.27. The van der Waals surface area contributed by atoms with Crippen LogP contribution in [0.3, 0.4) is 0 Å². The Morgan fingerprint density at radius 3 is 2.88 bits per heavy atom. The van der Waals surface area contributed by atoms with Gasteiger partial charge in [0.15, 0.2) is 0 Å². The summed E-state index contributed by atoms with van der Waals surface area (Å²) in [4.78, 5) is 11.6. The van der Waals surface area contributed by atoms with Crippen LogP contribution in [-0.2, 0) is 9.47 Å². The molecule has 2 aliphatic heterocycles. The molecule has 0 N–H and O–H groups in total. The first-order valence-electron chi connectivity index (χ1n) is 8.62. The van der Waals surface area contributed by atoms with Crippen molar-refractivity contribution >= 4 is 5.82 Å². The highest BCUT2D eigenvalue weighted by Gasteiger charge is 2.41. The Morgan fingerprint density at radius 1 is 1.21 bits per heavy atom. The zero-order valence-electron chi connectivity index (χ0n) is 14.0. The van der Waals surface area contributed by atoms with Crippen molar-refractivity contribution in [1.29, 1.82) is 0 Å². The molecule has 1 aromatic carbocycles. The van der Waals surface area contributed by atoms with Gasteiger partial charge in [-0.2, -0.15) is 0 Å². The van der Waals surface area contributed by atoms with E-state index in [1.165, 1.54) is 0 Å². The topological polar surface area (TPSA) is 47.5 Å². The van der Waals surface area contributed by atoms with Gasteiger partial charge in [0.05, 0.1) is 37.3 Å². The fourth-order valence-electron chi connectivity index (χ4n) is 3.70. The maximum Gasteiger partial charge on any atom is 0.148 e. The molecule has 5 heteroatoms. The molecule has 4 rings (SSSR count). The van der Waals surface area contributed by atoms with Crippen LogP contribution in [0.1, 0.15) is 19.8 Å². The molecule has 2 atom stereocenters. The van der Waals surface area contributed by atoms with Gasteiger partial charge in [-0.25, -0.2) is 4.98 Å². The Labute approximate surface area is 142 Å². The third-order valence-corrected chi connectivity index (χ3v) is 4.71. The van der Waals surface area contributed by atoms with Crippen LogP contribution in [0, 0.1) is 0 Å². The van der Waals surface area contributed by atoms with Crippen molar-refractivity contribution in [1.82, 2.24) is 9.97 Å². The average molecular weight is 325 g/mol. The van der Waals surface area contributed by atoms with Gasteiger partial charge in [0, 0.05) is 18.7 Å². The number of aromatic nitrogens is 2. The Kier molecular flexibility index (Phi) is 4.21. The summed E-state index contributed by atoms with van der Waals surface area (Å²) in [6.07, 6.45) is 5.92. The van der Waals surface area contributed by atoms with E-state index in [2.05, 4.69) is 28.9 Å². The van der Waals surface area contributed by atoms with Gasteiger partial charge in [0.2, 0.25) is 0 Å². The normalized spacial score (nSPS) is 27.4. The largest absolute Gasteiger partial charge is 0.378 e. The van der Waals surface area contributed by atoms with E-state index in [1.807, 2.05) is 30.6 Å². The van der Waals surface area contributed by atoms with Crippen LogP contribution in [0.15, 0.2) is 42.7 Å². The summed E-state index contributed by atoms with van der Waals surface area (Å²) in [5.41, 5.74) is 1.78. The predicted molar refractivity (Wildman–Crippen MR) is 93.0 cm³/mol. The highest BCUT2D eigenvalue weighted by molar-refractivity contribution is 5.60. The summed E-state index contributed by atoms with van der Waals surface area (Å²) in [6, 6.07) is 10.2. The molecule has 3 heterocycles. The van der Waals surface area contributed by atoms with E-state index in [9.17, 15) is 0 Å². The standard InChI is InChI=1S/C19H23N3O2/c1-15-12-22(13-19(24-15)8-5-9-23-14-19)18-11-20-10-17(21-18)16-6-3-2-4-7-16/h2-4,6-7,10-11,15H,5,8-9,12-14H2,1H3. The summed E-state index contributed by atoms with van der Waals surface area (Å²) < 4.78 is 12.0. The summed E-state index contributed by atoms with van der Waals surface area (Å²) >= 11 is 0. The van der Waals surface area contributed by atoms with Crippen molar-refractivity contribution in [2.45, 2.75) is 31.5 Å². The lowest BCUT2D eigenvalue weighted by Crippen LogP contribution is -2.58. The average Bonchev–Trinajstić information content (AvgIpc) is 2.62. The SMILES string of the molecule is CC1CN(c2cncc(-c3ccccc3)n2)CC2(CCCOC2)O1. The van der Waals surface area contributed by atoms with E-state index in [0.29, 0.717) is 6.61 Å². The molecule has 24 heavy (non-hydrogen) atoms. The molecule has 0 saturated carbocycles. The second-order valence-electron chi connectivity index (χ2n) is 6.78. The number of benzene rings is 1. The number of hydrogen-bond donors (Lipinski definition) is 0. The summed E-state index contributed by atoms with van der Waals surface area (Å²) in [6.45, 7) is 5.26. The van der Waals surface area contributed by atoms with Crippen LogP contribution in [0.4, 0.5) is 5.82 Å². The van der Waals surface area contributed by atoms with Gasteiger partial charge in [0.1, 0.15) is 11.4 Å². The van der Waals surface area contributed by atoms with E-state index < -0.39 is 0 Å². The second-order valence-corrected chi connectivity index (χ2v) is 6.78. The Balaban J connectivity index is 1.61. The van der Waals surface area contributed by atoms with E-state index in [0.717, 1.165) is 49.6 Å². The minimum Gasteiger partial charge on any atom is -0.378 e. The first-order chi connectivity index (χ1) is 11.7. The first kappa shape index (κ1) is 15.5. The number of rotatable bonds is 2. The molecule has 1 aromatic heterocycles. The quantitative estimate of drug-likeness (QED) is 0.849. The van der Waals surface area contributed by atoms with Crippen molar-refractivity contribution < 1.29 is 9.47 Å².